The molecule has 0 saturated heterocycles. The third-order valence-electron chi connectivity index (χ3n) is 3.65. The van der Waals surface area contributed by atoms with Crippen LogP contribution < -0.4 is 0 Å². The van der Waals surface area contributed by atoms with Crippen molar-refractivity contribution in [2.75, 3.05) is 0 Å². The van der Waals surface area contributed by atoms with Crippen molar-refractivity contribution in [3.63, 3.8) is 0 Å². The van der Waals surface area contributed by atoms with Crippen molar-refractivity contribution in [2.24, 2.45) is 0 Å². The highest BCUT2D eigenvalue weighted by Crippen LogP contribution is 2.28. The Hall–Kier alpha value is -1.56. The molecule has 0 unspecified atom stereocenters. The van der Waals surface area contributed by atoms with E-state index in [1.807, 2.05) is 0 Å². The molecule has 0 aliphatic heterocycles. The normalized spacial score (nSPS) is 10.6. The van der Waals surface area contributed by atoms with Crippen LogP contribution in [0.5, 0.6) is 0 Å². The molecule has 0 radical (unpaired) electrons. The third-order valence-corrected chi connectivity index (χ3v) is 3.65. The molecule has 2 aromatic rings. The van der Waals surface area contributed by atoms with Gasteiger partial charge in [-0.3, -0.25) is 0 Å². The minimum Gasteiger partial charge on any atom is -0.0620 e. The van der Waals surface area contributed by atoms with Gasteiger partial charge in [-0.05, 0) is 47.1 Å². The first kappa shape index (κ1) is 12.9. The van der Waals surface area contributed by atoms with Crippen molar-refractivity contribution in [1.82, 2.24) is 0 Å². The van der Waals surface area contributed by atoms with Gasteiger partial charge in [0.25, 0.3) is 0 Å². The summed E-state index contributed by atoms with van der Waals surface area (Å²) in [6, 6.07) is 15.7. The molecule has 0 aromatic heterocycles. The van der Waals surface area contributed by atoms with Crippen LogP contribution in [0.15, 0.2) is 42.5 Å². The average Bonchev–Trinajstić information content (AvgIpc) is 2.46. The summed E-state index contributed by atoms with van der Waals surface area (Å²) in [6.45, 7) is 6.69. The molecule has 2 rings (SSSR count). The van der Waals surface area contributed by atoms with Crippen LogP contribution in [0.4, 0.5) is 0 Å². The Balaban J connectivity index is 2.56. The maximum absolute atomic E-state index is 2.36. The van der Waals surface area contributed by atoms with Crippen LogP contribution in [0.2, 0.25) is 0 Å². The lowest BCUT2D eigenvalue weighted by molar-refractivity contribution is 1.08. The molecule has 0 bridgehead atoms. The lowest BCUT2D eigenvalue weighted by Crippen LogP contribution is -1.94. The van der Waals surface area contributed by atoms with Crippen molar-refractivity contribution in [2.45, 2.75) is 40.0 Å². The zero-order valence-corrected chi connectivity index (χ0v) is 11.7. The van der Waals surface area contributed by atoms with Gasteiger partial charge in [0.05, 0.1) is 0 Å². The first-order valence-electron chi connectivity index (χ1n) is 7.00. The number of hydrogen-bond donors (Lipinski definition) is 0. The van der Waals surface area contributed by atoms with Crippen LogP contribution in [-0.4, -0.2) is 0 Å². The minimum absolute atomic E-state index is 1.09. The summed E-state index contributed by atoms with van der Waals surface area (Å²) < 4.78 is 0. The van der Waals surface area contributed by atoms with E-state index >= 15 is 0 Å². The maximum Gasteiger partial charge on any atom is -0.0149 e. The third kappa shape index (κ3) is 2.48. The molecule has 0 amide bonds. The number of aryl methyl sites for hydroxylation is 3. The van der Waals surface area contributed by atoms with Crippen molar-refractivity contribution in [1.29, 1.82) is 0 Å². The molecule has 0 aliphatic rings. The fraction of sp³-hybridized carbons (Fsp3) is 0.333. The van der Waals surface area contributed by atoms with E-state index in [1.165, 1.54) is 27.8 Å². The van der Waals surface area contributed by atoms with E-state index in [0.717, 1.165) is 19.3 Å². The van der Waals surface area contributed by atoms with Crippen molar-refractivity contribution < 1.29 is 0 Å². The van der Waals surface area contributed by atoms with Gasteiger partial charge in [-0.15, -0.1) is 0 Å². The number of hydrogen-bond acceptors (Lipinski definition) is 0. The van der Waals surface area contributed by atoms with Crippen molar-refractivity contribution in [3.8, 4) is 11.1 Å². The van der Waals surface area contributed by atoms with Gasteiger partial charge >= 0.3 is 0 Å². The Labute approximate surface area is 111 Å². The first-order valence-corrected chi connectivity index (χ1v) is 7.00. The fourth-order valence-corrected chi connectivity index (χ4v) is 2.51. The summed E-state index contributed by atoms with van der Waals surface area (Å²) in [5.41, 5.74) is 7.16. The highest BCUT2D eigenvalue weighted by atomic mass is 14.1. The fourth-order valence-electron chi connectivity index (χ4n) is 2.51. The van der Waals surface area contributed by atoms with Crippen molar-refractivity contribution >= 4 is 0 Å². The average molecular weight is 238 g/mol. The van der Waals surface area contributed by atoms with Gasteiger partial charge in [-0.2, -0.15) is 0 Å². The lowest BCUT2D eigenvalue weighted by atomic mass is 9.91. The van der Waals surface area contributed by atoms with Crippen molar-refractivity contribution in [3.05, 3.63) is 59.2 Å². The van der Waals surface area contributed by atoms with E-state index in [-0.39, 0.29) is 0 Å². The second kappa shape index (κ2) is 5.86. The Morgan fingerprint density at radius 2 is 1.33 bits per heavy atom. The van der Waals surface area contributed by atoms with Crippen LogP contribution in [-0.2, 0) is 19.3 Å². The molecular formula is C18H22. The molecule has 0 spiro atoms. The predicted molar refractivity (Wildman–Crippen MR) is 80.0 cm³/mol. The van der Waals surface area contributed by atoms with E-state index in [1.54, 1.807) is 0 Å². The van der Waals surface area contributed by atoms with E-state index in [2.05, 4.69) is 63.2 Å². The second-order valence-corrected chi connectivity index (χ2v) is 4.71. The van der Waals surface area contributed by atoms with Crippen LogP contribution in [0.1, 0.15) is 37.5 Å². The van der Waals surface area contributed by atoms with Crippen LogP contribution in [0.3, 0.4) is 0 Å². The highest BCUT2D eigenvalue weighted by Gasteiger charge is 2.07. The number of benzene rings is 2. The van der Waals surface area contributed by atoms with Gasteiger partial charge < -0.3 is 0 Å². The second-order valence-electron chi connectivity index (χ2n) is 4.71. The molecule has 0 aliphatic carbocycles. The standard InChI is InChI=1S/C18H22/c1-4-14-11-12-18(16(6-3)13-14)17-10-8-7-9-15(17)5-2/h7-13H,4-6H2,1-3H3. The number of rotatable bonds is 4. The molecule has 0 N–H and O–H groups in total. The van der Waals surface area contributed by atoms with Gasteiger partial charge in [0, 0.05) is 0 Å². The minimum atomic E-state index is 1.09. The largest absolute Gasteiger partial charge is 0.0620 e. The van der Waals surface area contributed by atoms with Gasteiger partial charge in [0.15, 0.2) is 0 Å². The summed E-state index contributed by atoms with van der Waals surface area (Å²) in [6.07, 6.45) is 3.30. The summed E-state index contributed by atoms with van der Waals surface area (Å²) in [5, 5.41) is 0. The molecule has 94 valence electrons. The molecule has 0 heterocycles. The summed E-state index contributed by atoms with van der Waals surface area (Å²) in [4.78, 5) is 0. The molecule has 0 atom stereocenters. The van der Waals surface area contributed by atoms with E-state index in [9.17, 15) is 0 Å². The Morgan fingerprint density at radius 1 is 0.667 bits per heavy atom. The SMILES string of the molecule is CCc1ccc(-c2ccccc2CC)c(CC)c1. The molecule has 18 heavy (non-hydrogen) atoms. The molecule has 0 fully saturated rings. The zero-order chi connectivity index (χ0) is 13.0. The Morgan fingerprint density at radius 3 is 2.00 bits per heavy atom. The summed E-state index contributed by atoms with van der Waals surface area (Å²) in [7, 11) is 0. The van der Waals surface area contributed by atoms with Gasteiger partial charge in [-0.25, -0.2) is 0 Å². The predicted octanol–water partition coefficient (Wildman–Crippen LogP) is 5.04. The summed E-state index contributed by atoms with van der Waals surface area (Å²) >= 11 is 0. The van der Waals surface area contributed by atoms with Crippen LogP contribution in [0.25, 0.3) is 11.1 Å². The quantitative estimate of drug-likeness (QED) is 0.700. The molecule has 0 saturated carbocycles. The van der Waals surface area contributed by atoms with E-state index in [4.69, 9.17) is 0 Å². The lowest BCUT2D eigenvalue weighted by Gasteiger charge is -2.13. The topological polar surface area (TPSA) is 0 Å². The van der Waals surface area contributed by atoms with Crippen LogP contribution in [0, 0.1) is 0 Å². The highest BCUT2D eigenvalue weighted by molar-refractivity contribution is 5.71. The Bertz CT molecular complexity index is 523. The maximum atomic E-state index is 2.36. The molecule has 0 nitrogen and oxygen atoms in total. The Kier molecular flexibility index (Phi) is 4.19. The molecule has 2 aromatic carbocycles. The van der Waals surface area contributed by atoms with Gasteiger partial charge in [0.1, 0.15) is 0 Å². The van der Waals surface area contributed by atoms with Crippen LogP contribution >= 0.6 is 0 Å². The smallest absolute Gasteiger partial charge is 0.0149 e. The summed E-state index contributed by atoms with van der Waals surface area (Å²) in [5.74, 6) is 0. The van der Waals surface area contributed by atoms with Gasteiger partial charge in [0.2, 0.25) is 0 Å². The van der Waals surface area contributed by atoms with Gasteiger partial charge in [-0.1, -0.05) is 63.2 Å². The zero-order valence-electron chi connectivity index (χ0n) is 11.7. The van der Waals surface area contributed by atoms with E-state index < -0.39 is 0 Å². The van der Waals surface area contributed by atoms with E-state index in [0.29, 0.717) is 0 Å². The monoisotopic (exact) mass is 238 g/mol. The first-order chi connectivity index (χ1) is 8.80. The molecular weight excluding hydrogens is 216 g/mol. The molecule has 0 heteroatoms.